The highest BCUT2D eigenvalue weighted by molar-refractivity contribution is 6.29. The Morgan fingerprint density at radius 1 is 1.24 bits per heavy atom. The lowest BCUT2D eigenvalue weighted by molar-refractivity contribution is 0.640. The van der Waals surface area contributed by atoms with E-state index in [4.69, 9.17) is 11.6 Å². The van der Waals surface area contributed by atoms with Crippen molar-refractivity contribution < 1.29 is 4.39 Å². The molecule has 3 nitrogen and oxygen atoms in total. The number of hydrogen-bond acceptors (Lipinski definition) is 2. The first-order chi connectivity index (χ1) is 8.24. The highest BCUT2D eigenvalue weighted by Gasteiger charge is 2.08. The Labute approximate surface area is 101 Å². The molecule has 2 aromatic heterocycles. The van der Waals surface area contributed by atoms with Crippen molar-refractivity contribution >= 4 is 22.5 Å². The molecule has 0 unspecified atom stereocenters. The Balaban J connectivity index is 2.22. The second kappa shape index (κ2) is 3.82. The van der Waals surface area contributed by atoms with Crippen molar-refractivity contribution in [2.75, 3.05) is 0 Å². The molecule has 0 atom stereocenters. The summed E-state index contributed by atoms with van der Waals surface area (Å²) in [6.45, 7) is 0. The number of aromatic nitrogens is 3. The molecule has 0 amide bonds. The van der Waals surface area contributed by atoms with Gasteiger partial charge in [-0.25, -0.2) is 9.37 Å². The fourth-order valence-corrected chi connectivity index (χ4v) is 1.88. The maximum Gasteiger partial charge on any atom is 0.148 e. The highest BCUT2D eigenvalue weighted by Crippen LogP contribution is 2.24. The number of fused-ring (bicyclic) bond motifs is 1. The quantitative estimate of drug-likeness (QED) is 0.716. The number of aromatic amines is 1. The van der Waals surface area contributed by atoms with Gasteiger partial charge in [0.05, 0.1) is 18.1 Å². The van der Waals surface area contributed by atoms with Crippen molar-refractivity contribution in [1.29, 1.82) is 0 Å². The number of rotatable bonds is 1. The molecule has 0 spiro atoms. The van der Waals surface area contributed by atoms with Gasteiger partial charge in [0, 0.05) is 10.9 Å². The third-order valence-corrected chi connectivity index (χ3v) is 2.67. The van der Waals surface area contributed by atoms with Crippen molar-refractivity contribution in [2.24, 2.45) is 0 Å². The maximum absolute atomic E-state index is 13.5. The Morgan fingerprint density at radius 2 is 2.12 bits per heavy atom. The normalized spacial score (nSPS) is 10.9. The monoisotopic (exact) mass is 247 g/mol. The predicted octanol–water partition coefficient (Wildman–Crippen LogP) is 3.42. The molecule has 5 heteroatoms. The van der Waals surface area contributed by atoms with Crippen LogP contribution in [0.1, 0.15) is 0 Å². The van der Waals surface area contributed by atoms with Gasteiger partial charge in [-0.15, -0.1) is 0 Å². The van der Waals surface area contributed by atoms with E-state index in [-0.39, 0.29) is 5.82 Å². The molecule has 1 aromatic carbocycles. The van der Waals surface area contributed by atoms with E-state index < -0.39 is 0 Å². The van der Waals surface area contributed by atoms with Gasteiger partial charge in [-0.1, -0.05) is 17.7 Å². The Bertz CT molecular complexity index is 693. The average Bonchev–Trinajstić information content (AvgIpc) is 2.74. The molecule has 0 aliphatic rings. The van der Waals surface area contributed by atoms with E-state index >= 15 is 0 Å². The maximum atomic E-state index is 13.5. The van der Waals surface area contributed by atoms with Crippen LogP contribution in [-0.2, 0) is 0 Å². The largest absolute Gasteiger partial charge is 0.353 e. The van der Waals surface area contributed by atoms with Crippen LogP contribution in [0.4, 0.5) is 4.39 Å². The topological polar surface area (TPSA) is 41.6 Å². The molecule has 0 saturated carbocycles. The van der Waals surface area contributed by atoms with Gasteiger partial charge in [0.2, 0.25) is 0 Å². The van der Waals surface area contributed by atoms with Crippen molar-refractivity contribution in [1.82, 2.24) is 15.0 Å². The lowest BCUT2D eigenvalue weighted by atomic mass is 10.2. The number of nitrogens with one attached hydrogen (secondary N) is 1. The summed E-state index contributed by atoms with van der Waals surface area (Å²) in [7, 11) is 0. The second-order valence-electron chi connectivity index (χ2n) is 3.61. The number of hydrogen-bond donors (Lipinski definition) is 1. The van der Waals surface area contributed by atoms with Gasteiger partial charge in [0.1, 0.15) is 16.7 Å². The summed E-state index contributed by atoms with van der Waals surface area (Å²) in [4.78, 5) is 11.1. The van der Waals surface area contributed by atoms with E-state index in [1.807, 2.05) is 0 Å². The lowest BCUT2D eigenvalue weighted by Crippen LogP contribution is -1.85. The van der Waals surface area contributed by atoms with Crippen LogP contribution < -0.4 is 0 Å². The van der Waals surface area contributed by atoms with Gasteiger partial charge in [0.25, 0.3) is 0 Å². The van der Waals surface area contributed by atoms with Crippen LogP contribution in [0.15, 0.2) is 36.7 Å². The third-order valence-electron chi connectivity index (χ3n) is 2.49. The lowest BCUT2D eigenvalue weighted by Gasteiger charge is -1.95. The number of H-pyrrole nitrogens is 1. The van der Waals surface area contributed by atoms with E-state index in [1.54, 1.807) is 24.4 Å². The second-order valence-corrected chi connectivity index (χ2v) is 4.00. The van der Waals surface area contributed by atoms with Crippen molar-refractivity contribution in [2.45, 2.75) is 0 Å². The van der Waals surface area contributed by atoms with Crippen molar-refractivity contribution in [3.8, 4) is 11.4 Å². The third kappa shape index (κ3) is 1.76. The van der Waals surface area contributed by atoms with E-state index in [0.29, 0.717) is 21.9 Å². The summed E-state index contributed by atoms with van der Waals surface area (Å²) in [5, 5.41) is 0.839. The zero-order chi connectivity index (χ0) is 11.8. The van der Waals surface area contributed by atoms with Crippen LogP contribution in [0.25, 0.3) is 22.3 Å². The molecule has 0 saturated heterocycles. The Hall–Kier alpha value is -1.94. The van der Waals surface area contributed by atoms with E-state index in [0.717, 1.165) is 5.52 Å². The first-order valence-corrected chi connectivity index (χ1v) is 5.37. The Morgan fingerprint density at radius 3 is 2.88 bits per heavy atom. The van der Waals surface area contributed by atoms with Crippen LogP contribution in [-0.4, -0.2) is 15.0 Å². The fourth-order valence-electron chi connectivity index (χ4n) is 1.73. The van der Waals surface area contributed by atoms with Gasteiger partial charge in [-0.3, -0.25) is 4.98 Å². The molecule has 0 fully saturated rings. The van der Waals surface area contributed by atoms with Crippen molar-refractivity contribution in [3.63, 3.8) is 0 Å². The minimum atomic E-state index is -0.264. The minimum Gasteiger partial charge on any atom is -0.353 e. The summed E-state index contributed by atoms with van der Waals surface area (Å²) in [5.74, 6) is -0.264. The van der Waals surface area contributed by atoms with Crippen LogP contribution in [0.5, 0.6) is 0 Å². The fraction of sp³-hybridized carbons (Fsp3) is 0. The standard InChI is InChI=1S/C12H7ClFN3/c13-12-6-15-5-11(17-12)10-4-7-8(14)2-1-3-9(7)16-10/h1-6,16H. The summed E-state index contributed by atoms with van der Waals surface area (Å²) in [6, 6.07) is 6.58. The van der Waals surface area contributed by atoms with Gasteiger partial charge in [-0.05, 0) is 18.2 Å². The zero-order valence-corrected chi connectivity index (χ0v) is 9.37. The van der Waals surface area contributed by atoms with E-state index in [1.165, 1.54) is 12.3 Å². The van der Waals surface area contributed by atoms with Gasteiger partial charge >= 0.3 is 0 Å². The molecular formula is C12H7ClFN3. The number of benzene rings is 1. The smallest absolute Gasteiger partial charge is 0.148 e. The highest BCUT2D eigenvalue weighted by atomic mass is 35.5. The van der Waals surface area contributed by atoms with Crippen LogP contribution in [0.3, 0.4) is 0 Å². The molecule has 0 aliphatic carbocycles. The van der Waals surface area contributed by atoms with Gasteiger partial charge in [0.15, 0.2) is 0 Å². The molecule has 17 heavy (non-hydrogen) atoms. The summed E-state index contributed by atoms with van der Waals surface area (Å²) in [5.41, 5.74) is 2.01. The average molecular weight is 248 g/mol. The van der Waals surface area contributed by atoms with Crippen LogP contribution in [0.2, 0.25) is 5.15 Å². The number of halogens is 2. The van der Waals surface area contributed by atoms with Gasteiger partial charge < -0.3 is 4.98 Å². The molecule has 0 aliphatic heterocycles. The van der Waals surface area contributed by atoms with Crippen LogP contribution in [0, 0.1) is 5.82 Å². The zero-order valence-electron chi connectivity index (χ0n) is 8.61. The van der Waals surface area contributed by atoms with E-state index in [9.17, 15) is 4.39 Å². The molecule has 0 bridgehead atoms. The molecule has 84 valence electrons. The SMILES string of the molecule is Fc1cccc2[nH]c(-c3cncc(Cl)n3)cc12. The van der Waals surface area contributed by atoms with Gasteiger partial charge in [-0.2, -0.15) is 0 Å². The molecule has 1 N–H and O–H groups in total. The predicted molar refractivity (Wildman–Crippen MR) is 64.3 cm³/mol. The van der Waals surface area contributed by atoms with E-state index in [2.05, 4.69) is 15.0 Å². The molecule has 0 radical (unpaired) electrons. The van der Waals surface area contributed by atoms with Crippen molar-refractivity contribution in [3.05, 3.63) is 47.6 Å². The summed E-state index contributed by atoms with van der Waals surface area (Å²) >= 11 is 5.76. The summed E-state index contributed by atoms with van der Waals surface area (Å²) < 4.78 is 13.5. The molecule has 2 heterocycles. The minimum absolute atomic E-state index is 0.264. The van der Waals surface area contributed by atoms with Crippen LogP contribution >= 0.6 is 11.6 Å². The summed E-state index contributed by atoms with van der Waals surface area (Å²) in [6.07, 6.45) is 3.03. The first-order valence-electron chi connectivity index (χ1n) is 4.99. The molecule has 3 aromatic rings. The molecule has 3 rings (SSSR count). The molecular weight excluding hydrogens is 241 g/mol. The number of nitrogens with zero attached hydrogens (tertiary/aromatic N) is 2. The Kier molecular flexibility index (Phi) is 2.30. The first kappa shape index (κ1) is 10.2.